The number of nitrogen functional groups attached to an aromatic ring is 1. The summed E-state index contributed by atoms with van der Waals surface area (Å²) in [6.07, 6.45) is 2.27. The van der Waals surface area contributed by atoms with Crippen molar-refractivity contribution in [2.75, 3.05) is 24.3 Å². The smallest absolute Gasteiger partial charge is 0.310 e. The Labute approximate surface area is 94.0 Å². The Morgan fingerprint density at radius 3 is 3.00 bits per heavy atom. The van der Waals surface area contributed by atoms with Gasteiger partial charge in [-0.1, -0.05) is 12.1 Å². The van der Waals surface area contributed by atoms with E-state index in [4.69, 9.17) is 10.5 Å². The van der Waals surface area contributed by atoms with E-state index in [0.717, 1.165) is 11.3 Å². The molecule has 0 radical (unpaired) electrons. The maximum Gasteiger partial charge on any atom is 0.310 e. The van der Waals surface area contributed by atoms with Crippen molar-refractivity contribution in [3.63, 3.8) is 0 Å². The highest BCUT2D eigenvalue weighted by molar-refractivity contribution is 7.98. The van der Waals surface area contributed by atoms with Crippen LogP contribution in [0.25, 0.3) is 0 Å². The Morgan fingerprint density at radius 1 is 1.53 bits per heavy atom. The van der Waals surface area contributed by atoms with Crippen LogP contribution >= 0.6 is 11.8 Å². The zero-order valence-electron chi connectivity index (χ0n) is 8.73. The van der Waals surface area contributed by atoms with E-state index < -0.39 is 0 Å². The molecule has 1 rings (SSSR count). The zero-order chi connectivity index (χ0) is 11.1. The topological polar surface area (TPSA) is 52.3 Å². The summed E-state index contributed by atoms with van der Waals surface area (Å²) >= 11 is 1.66. The molecule has 0 aliphatic carbocycles. The number of carbonyl (C=O) groups is 1. The van der Waals surface area contributed by atoms with Crippen LogP contribution in [0.15, 0.2) is 24.3 Å². The van der Waals surface area contributed by atoms with E-state index in [9.17, 15) is 4.79 Å². The normalized spacial score (nSPS) is 9.93. The number of benzene rings is 1. The molecule has 1 aromatic carbocycles. The molecule has 0 bridgehead atoms. The van der Waals surface area contributed by atoms with Gasteiger partial charge in [-0.3, -0.25) is 4.79 Å². The van der Waals surface area contributed by atoms with Gasteiger partial charge in [0.25, 0.3) is 0 Å². The van der Waals surface area contributed by atoms with E-state index in [2.05, 4.69) is 0 Å². The van der Waals surface area contributed by atoms with Gasteiger partial charge in [0.15, 0.2) is 0 Å². The molecule has 0 atom stereocenters. The van der Waals surface area contributed by atoms with Gasteiger partial charge in [-0.15, -0.1) is 0 Å². The minimum atomic E-state index is -0.199. The first-order valence-electron chi connectivity index (χ1n) is 4.71. The molecule has 0 heterocycles. The fourth-order valence-electron chi connectivity index (χ4n) is 1.16. The number of hydrogen-bond donors (Lipinski definition) is 1. The van der Waals surface area contributed by atoms with Gasteiger partial charge in [0.05, 0.1) is 6.42 Å². The Morgan fingerprint density at radius 2 is 2.33 bits per heavy atom. The summed E-state index contributed by atoms with van der Waals surface area (Å²) in [6, 6.07) is 7.28. The van der Waals surface area contributed by atoms with Gasteiger partial charge < -0.3 is 10.5 Å². The predicted molar refractivity (Wildman–Crippen MR) is 63.9 cm³/mol. The SMILES string of the molecule is CSCCOC(=O)Cc1cccc(N)c1. The molecule has 1 aromatic rings. The molecule has 15 heavy (non-hydrogen) atoms. The Hall–Kier alpha value is -1.16. The van der Waals surface area contributed by atoms with Crippen LogP contribution in [0.4, 0.5) is 5.69 Å². The number of esters is 1. The highest BCUT2D eigenvalue weighted by Gasteiger charge is 2.04. The summed E-state index contributed by atoms with van der Waals surface area (Å²) in [4.78, 5) is 11.3. The van der Waals surface area contributed by atoms with E-state index in [-0.39, 0.29) is 5.97 Å². The highest BCUT2D eigenvalue weighted by Crippen LogP contribution is 2.07. The largest absolute Gasteiger partial charge is 0.465 e. The summed E-state index contributed by atoms with van der Waals surface area (Å²) in [6.45, 7) is 0.475. The van der Waals surface area contributed by atoms with Gasteiger partial charge in [-0.05, 0) is 24.0 Å². The van der Waals surface area contributed by atoms with E-state index in [1.165, 1.54) is 0 Å². The van der Waals surface area contributed by atoms with Crippen molar-refractivity contribution in [3.8, 4) is 0 Å². The minimum Gasteiger partial charge on any atom is -0.465 e. The molecule has 4 heteroatoms. The molecule has 3 nitrogen and oxygen atoms in total. The fourth-order valence-corrected chi connectivity index (χ4v) is 1.41. The van der Waals surface area contributed by atoms with Crippen molar-refractivity contribution < 1.29 is 9.53 Å². The second kappa shape index (κ2) is 6.35. The summed E-state index contributed by atoms with van der Waals surface area (Å²) in [5.41, 5.74) is 7.16. The molecule has 0 aliphatic rings. The molecular formula is C11H15NO2S. The Bertz CT molecular complexity index is 328. The number of anilines is 1. The van der Waals surface area contributed by atoms with Gasteiger partial charge in [-0.2, -0.15) is 11.8 Å². The van der Waals surface area contributed by atoms with Gasteiger partial charge in [0.1, 0.15) is 6.61 Å². The van der Waals surface area contributed by atoms with Crippen molar-refractivity contribution in [1.29, 1.82) is 0 Å². The standard InChI is InChI=1S/C11H15NO2S/c1-15-6-5-14-11(13)8-9-3-2-4-10(12)7-9/h2-4,7H,5-6,8,12H2,1H3. The number of rotatable bonds is 5. The monoisotopic (exact) mass is 225 g/mol. The van der Waals surface area contributed by atoms with Crippen molar-refractivity contribution in [2.24, 2.45) is 0 Å². The lowest BCUT2D eigenvalue weighted by Crippen LogP contribution is -2.10. The molecule has 0 aromatic heterocycles. The molecule has 82 valence electrons. The third kappa shape index (κ3) is 4.74. The van der Waals surface area contributed by atoms with E-state index in [1.54, 1.807) is 23.9 Å². The quantitative estimate of drug-likeness (QED) is 0.471. The molecule has 0 aliphatic heterocycles. The van der Waals surface area contributed by atoms with E-state index in [0.29, 0.717) is 18.7 Å². The van der Waals surface area contributed by atoms with Crippen LogP contribution in [0, 0.1) is 0 Å². The van der Waals surface area contributed by atoms with Gasteiger partial charge in [0, 0.05) is 11.4 Å². The van der Waals surface area contributed by atoms with Gasteiger partial charge in [0.2, 0.25) is 0 Å². The maximum atomic E-state index is 11.3. The minimum absolute atomic E-state index is 0.199. The number of thioether (sulfide) groups is 1. The van der Waals surface area contributed by atoms with Crippen LogP contribution in [0.5, 0.6) is 0 Å². The number of hydrogen-bond acceptors (Lipinski definition) is 4. The number of carbonyl (C=O) groups excluding carboxylic acids is 1. The lowest BCUT2D eigenvalue weighted by atomic mass is 10.1. The van der Waals surface area contributed by atoms with Gasteiger partial charge in [-0.25, -0.2) is 0 Å². The van der Waals surface area contributed by atoms with Crippen LogP contribution < -0.4 is 5.73 Å². The van der Waals surface area contributed by atoms with Crippen molar-refractivity contribution in [3.05, 3.63) is 29.8 Å². The molecule has 0 fully saturated rings. The van der Waals surface area contributed by atoms with Crippen LogP contribution in [0.3, 0.4) is 0 Å². The molecule has 0 saturated heterocycles. The first-order valence-corrected chi connectivity index (χ1v) is 6.10. The predicted octanol–water partition coefficient (Wildman–Crippen LogP) is 1.72. The maximum absolute atomic E-state index is 11.3. The summed E-state index contributed by atoms with van der Waals surface area (Å²) in [7, 11) is 0. The Kier molecular flexibility index (Phi) is 5.04. The van der Waals surface area contributed by atoms with Crippen molar-refractivity contribution >= 4 is 23.4 Å². The van der Waals surface area contributed by atoms with Crippen LogP contribution in [-0.4, -0.2) is 24.6 Å². The van der Waals surface area contributed by atoms with E-state index in [1.807, 2.05) is 18.4 Å². The first-order chi connectivity index (χ1) is 7.22. The van der Waals surface area contributed by atoms with Crippen LogP contribution in [0.1, 0.15) is 5.56 Å². The molecule has 0 amide bonds. The number of ether oxygens (including phenoxy) is 1. The van der Waals surface area contributed by atoms with E-state index >= 15 is 0 Å². The molecule has 0 saturated carbocycles. The van der Waals surface area contributed by atoms with Crippen molar-refractivity contribution in [2.45, 2.75) is 6.42 Å². The zero-order valence-corrected chi connectivity index (χ0v) is 9.55. The van der Waals surface area contributed by atoms with Crippen molar-refractivity contribution in [1.82, 2.24) is 0 Å². The average molecular weight is 225 g/mol. The Balaban J connectivity index is 2.37. The molecule has 2 N–H and O–H groups in total. The van der Waals surface area contributed by atoms with Crippen LogP contribution in [-0.2, 0) is 16.0 Å². The average Bonchev–Trinajstić information content (AvgIpc) is 2.18. The molecular weight excluding hydrogens is 210 g/mol. The lowest BCUT2D eigenvalue weighted by Gasteiger charge is -2.04. The second-order valence-electron chi connectivity index (χ2n) is 3.14. The summed E-state index contributed by atoms with van der Waals surface area (Å²) < 4.78 is 5.03. The summed E-state index contributed by atoms with van der Waals surface area (Å²) in [5.74, 6) is 0.637. The third-order valence-electron chi connectivity index (χ3n) is 1.85. The lowest BCUT2D eigenvalue weighted by molar-refractivity contribution is -0.142. The molecule has 0 unspecified atom stereocenters. The third-order valence-corrected chi connectivity index (χ3v) is 2.42. The number of nitrogens with two attached hydrogens (primary N) is 1. The van der Waals surface area contributed by atoms with Crippen LogP contribution in [0.2, 0.25) is 0 Å². The second-order valence-corrected chi connectivity index (χ2v) is 4.12. The van der Waals surface area contributed by atoms with Gasteiger partial charge >= 0.3 is 5.97 Å². The first kappa shape index (κ1) is 11.9. The summed E-state index contributed by atoms with van der Waals surface area (Å²) in [5, 5.41) is 0. The fraction of sp³-hybridized carbons (Fsp3) is 0.364. The molecule has 0 spiro atoms. The highest BCUT2D eigenvalue weighted by atomic mass is 32.2.